The van der Waals surface area contributed by atoms with E-state index in [1.807, 2.05) is 49.2 Å². The fourth-order valence-corrected chi connectivity index (χ4v) is 3.15. The number of hydrogen-bond acceptors (Lipinski definition) is 5. The second-order valence-corrected chi connectivity index (χ2v) is 7.34. The molecule has 0 amide bonds. The molecule has 2 rings (SSSR count). The minimum atomic E-state index is -3.02. The molecular formula is C15H19N3O2S. The van der Waals surface area contributed by atoms with Crippen molar-refractivity contribution < 1.29 is 8.42 Å². The smallest absolute Gasteiger partial charge is 0.161 e. The van der Waals surface area contributed by atoms with E-state index >= 15 is 0 Å². The zero-order chi connectivity index (χ0) is 15.5. The maximum absolute atomic E-state index is 11.4. The SMILES string of the molecule is C[C@@H](CS(C)(=O)=O)N(C)c1ccnc(-c2ccccc2)n1. The Kier molecular flexibility index (Phi) is 4.57. The van der Waals surface area contributed by atoms with Crippen molar-refractivity contribution in [2.24, 2.45) is 0 Å². The highest BCUT2D eigenvalue weighted by Crippen LogP contribution is 2.18. The van der Waals surface area contributed by atoms with Crippen molar-refractivity contribution in [3.8, 4) is 11.4 Å². The molecule has 0 aliphatic rings. The topological polar surface area (TPSA) is 63.2 Å². The van der Waals surface area contributed by atoms with Crippen molar-refractivity contribution in [2.75, 3.05) is 24.0 Å². The molecule has 5 nitrogen and oxygen atoms in total. The molecule has 1 aromatic carbocycles. The van der Waals surface area contributed by atoms with Crippen LogP contribution in [0.15, 0.2) is 42.6 Å². The Hall–Kier alpha value is -1.95. The molecule has 0 fully saturated rings. The van der Waals surface area contributed by atoms with Crippen LogP contribution in [0.1, 0.15) is 6.92 Å². The number of aromatic nitrogens is 2. The summed E-state index contributed by atoms with van der Waals surface area (Å²) >= 11 is 0. The highest BCUT2D eigenvalue weighted by Gasteiger charge is 2.17. The summed E-state index contributed by atoms with van der Waals surface area (Å²) in [5, 5.41) is 0. The van der Waals surface area contributed by atoms with Crippen LogP contribution in [0.3, 0.4) is 0 Å². The van der Waals surface area contributed by atoms with Crippen molar-refractivity contribution >= 4 is 15.7 Å². The van der Waals surface area contributed by atoms with Gasteiger partial charge in [-0.3, -0.25) is 0 Å². The number of benzene rings is 1. The molecule has 21 heavy (non-hydrogen) atoms. The summed E-state index contributed by atoms with van der Waals surface area (Å²) in [6, 6.07) is 11.3. The quantitative estimate of drug-likeness (QED) is 0.845. The van der Waals surface area contributed by atoms with Gasteiger partial charge in [0, 0.05) is 31.1 Å². The molecule has 0 aliphatic heterocycles. The van der Waals surface area contributed by atoms with Crippen molar-refractivity contribution in [2.45, 2.75) is 13.0 Å². The van der Waals surface area contributed by atoms with Gasteiger partial charge in [-0.25, -0.2) is 18.4 Å². The van der Waals surface area contributed by atoms with Crippen LogP contribution in [0.5, 0.6) is 0 Å². The Morgan fingerprint density at radius 1 is 1.19 bits per heavy atom. The fourth-order valence-electron chi connectivity index (χ4n) is 2.05. The van der Waals surface area contributed by atoms with E-state index in [1.54, 1.807) is 12.3 Å². The normalized spacial score (nSPS) is 12.9. The average molecular weight is 305 g/mol. The Balaban J connectivity index is 2.25. The first-order valence-corrected chi connectivity index (χ1v) is 8.72. The lowest BCUT2D eigenvalue weighted by Gasteiger charge is -2.25. The van der Waals surface area contributed by atoms with Crippen molar-refractivity contribution in [1.82, 2.24) is 9.97 Å². The lowest BCUT2D eigenvalue weighted by molar-refractivity contribution is 0.592. The van der Waals surface area contributed by atoms with Crippen LogP contribution in [0.2, 0.25) is 0 Å². The molecule has 0 N–H and O–H groups in total. The second kappa shape index (κ2) is 6.22. The van der Waals surface area contributed by atoms with Gasteiger partial charge >= 0.3 is 0 Å². The molecule has 6 heteroatoms. The van der Waals surface area contributed by atoms with Gasteiger partial charge in [-0.1, -0.05) is 30.3 Å². The van der Waals surface area contributed by atoms with Crippen LogP contribution >= 0.6 is 0 Å². The van der Waals surface area contributed by atoms with Gasteiger partial charge in [0.05, 0.1) is 5.75 Å². The maximum Gasteiger partial charge on any atom is 0.161 e. The van der Waals surface area contributed by atoms with E-state index in [9.17, 15) is 8.42 Å². The van der Waals surface area contributed by atoms with Crippen LogP contribution in [-0.2, 0) is 9.84 Å². The van der Waals surface area contributed by atoms with E-state index in [0.29, 0.717) is 11.6 Å². The predicted molar refractivity (Wildman–Crippen MR) is 85.0 cm³/mol. The fraction of sp³-hybridized carbons (Fsp3) is 0.333. The zero-order valence-corrected chi connectivity index (χ0v) is 13.2. The molecule has 112 valence electrons. The average Bonchev–Trinajstić information content (AvgIpc) is 2.46. The number of rotatable bonds is 5. The number of nitrogens with zero attached hydrogens (tertiary/aromatic N) is 3. The summed E-state index contributed by atoms with van der Waals surface area (Å²) in [7, 11) is -1.18. The van der Waals surface area contributed by atoms with Crippen LogP contribution in [0, 0.1) is 0 Å². The van der Waals surface area contributed by atoms with E-state index < -0.39 is 9.84 Å². The van der Waals surface area contributed by atoms with Crippen molar-refractivity contribution in [3.63, 3.8) is 0 Å². The van der Waals surface area contributed by atoms with Crippen LogP contribution in [0.25, 0.3) is 11.4 Å². The van der Waals surface area contributed by atoms with Gasteiger partial charge in [-0.05, 0) is 13.0 Å². The van der Waals surface area contributed by atoms with Crippen LogP contribution in [0.4, 0.5) is 5.82 Å². The van der Waals surface area contributed by atoms with E-state index in [4.69, 9.17) is 0 Å². The van der Waals surface area contributed by atoms with Gasteiger partial charge in [-0.2, -0.15) is 0 Å². The Labute approximate surface area is 125 Å². The number of anilines is 1. The summed E-state index contributed by atoms with van der Waals surface area (Å²) in [5.74, 6) is 1.43. The van der Waals surface area contributed by atoms with Gasteiger partial charge in [0.15, 0.2) is 5.82 Å². The monoisotopic (exact) mass is 305 g/mol. The highest BCUT2D eigenvalue weighted by molar-refractivity contribution is 7.90. The first-order chi connectivity index (χ1) is 9.87. The highest BCUT2D eigenvalue weighted by atomic mass is 32.2. The molecule has 1 aromatic heterocycles. The van der Waals surface area contributed by atoms with Gasteiger partial charge in [-0.15, -0.1) is 0 Å². The Morgan fingerprint density at radius 3 is 2.48 bits per heavy atom. The summed E-state index contributed by atoms with van der Waals surface area (Å²) in [4.78, 5) is 10.6. The Bertz CT molecular complexity index is 702. The van der Waals surface area contributed by atoms with Gasteiger partial charge in [0.2, 0.25) is 0 Å². The maximum atomic E-state index is 11.4. The third kappa shape index (κ3) is 4.26. The predicted octanol–water partition coefficient (Wildman–Crippen LogP) is 2.01. The van der Waals surface area contributed by atoms with Crippen molar-refractivity contribution in [3.05, 3.63) is 42.6 Å². The van der Waals surface area contributed by atoms with Gasteiger partial charge in [0.1, 0.15) is 15.7 Å². The second-order valence-electron chi connectivity index (χ2n) is 5.16. The van der Waals surface area contributed by atoms with Gasteiger partial charge in [0.25, 0.3) is 0 Å². The minimum absolute atomic E-state index is 0.0914. The lowest BCUT2D eigenvalue weighted by atomic mass is 10.2. The molecule has 0 aliphatic carbocycles. The van der Waals surface area contributed by atoms with Crippen molar-refractivity contribution in [1.29, 1.82) is 0 Å². The third-order valence-corrected chi connectivity index (χ3v) is 4.33. The first kappa shape index (κ1) is 15.4. The van der Waals surface area contributed by atoms with E-state index in [0.717, 1.165) is 5.56 Å². The van der Waals surface area contributed by atoms with Crippen LogP contribution in [-0.4, -0.2) is 43.5 Å². The number of hydrogen-bond donors (Lipinski definition) is 0. The first-order valence-electron chi connectivity index (χ1n) is 6.66. The molecule has 0 spiro atoms. The standard InChI is InChI=1S/C15H19N3O2S/c1-12(11-21(3,19)20)18(2)14-9-10-16-15(17-14)13-7-5-4-6-8-13/h4-10,12H,11H2,1-3H3/t12-/m0/s1. The number of sulfone groups is 1. The van der Waals surface area contributed by atoms with E-state index in [-0.39, 0.29) is 11.8 Å². The molecule has 1 heterocycles. The lowest BCUT2D eigenvalue weighted by Crippen LogP contribution is -2.35. The largest absolute Gasteiger partial charge is 0.356 e. The van der Waals surface area contributed by atoms with Crippen LogP contribution < -0.4 is 4.90 Å². The third-order valence-electron chi connectivity index (χ3n) is 3.24. The van der Waals surface area contributed by atoms with E-state index in [1.165, 1.54) is 6.26 Å². The summed E-state index contributed by atoms with van der Waals surface area (Å²) in [5.41, 5.74) is 0.934. The molecule has 1 atom stereocenters. The molecular weight excluding hydrogens is 286 g/mol. The summed E-state index contributed by atoms with van der Waals surface area (Å²) in [6.45, 7) is 1.87. The molecule has 0 saturated heterocycles. The van der Waals surface area contributed by atoms with E-state index in [2.05, 4.69) is 9.97 Å². The molecule has 0 unspecified atom stereocenters. The molecule has 2 aromatic rings. The van der Waals surface area contributed by atoms with Gasteiger partial charge < -0.3 is 4.90 Å². The molecule has 0 saturated carbocycles. The molecule has 0 bridgehead atoms. The molecule has 0 radical (unpaired) electrons. The minimum Gasteiger partial charge on any atom is -0.356 e. The Morgan fingerprint density at radius 2 is 1.86 bits per heavy atom. The summed E-state index contributed by atoms with van der Waals surface area (Å²) < 4.78 is 22.8. The zero-order valence-electron chi connectivity index (χ0n) is 12.4. The summed E-state index contributed by atoms with van der Waals surface area (Å²) in [6.07, 6.45) is 2.93.